The van der Waals surface area contributed by atoms with E-state index in [9.17, 15) is 18.0 Å². The molecule has 0 unspecified atom stereocenters. The molecule has 0 aromatic heterocycles. The highest BCUT2D eigenvalue weighted by Gasteiger charge is 2.44. The maximum absolute atomic E-state index is 11.2. The summed E-state index contributed by atoms with van der Waals surface area (Å²) < 4.78 is 57.5. The van der Waals surface area contributed by atoms with Crippen molar-refractivity contribution in [3.8, 4) is 0 Å². The number of hydrogen-bond donors (Lipinski definition) is 3. The van der Waals surface area contributed by atoms with E-state index >= 15 is 0 Å². The van der Waals surface area contributed by atoms with E-state index in [0.29, 0.717) is 0 Å². The molecule has 0 radical (unpaired) electrons. The molecule has 0 aliphatic carbocycles. The van der Waals surface area contributed by atoms with Gasteiger partial charge in [-0.2, -0.15) is 21.6 Å². The fourth-order valence-corrected chi connectivity index (χ4v) is 2.07. The van der Waals surface area contributed by atoms with E-state index in [4.69, 9.17) is 23.8 Å². The Labute approximate surface area is 147 Å². The van der Waals surface area contributed by atoms with Gasteiger partial charge in [0, 0.05) is 5.92 Å². The summed E-state index contributed by atoms with van der Waals surface area (Å²) in [6, 6.07) is 18.0. The average Bonchev–Trinajstić information content (AvgIpc) is 2.55. The SMILES string of the molecule is N[C@H](C(=O)O)C(c1ccccc1)c1ccccc1.O=S(=O)(O)C(F)(F)F. The summed E-state index contributed by atoms with van der Waals surface area (Å²) in [5.41, 5.74) is 2.12. The van der Waals surface area contributed by atoms with Crippen LogP contribution in [0.25, 0.3) is 0 Å². The lowest BCUT2D eigenvalue weighted by atomic mass is 9.85. The fraction of sp³-hybridized carbons (Fsp3) is 0.188. The van der Waals surface area contributed by atoms with Gasteiger partial charge < -0.3 is 10.8 Å². The van der Waals surface area contributed by atoms with Gasteiger partial charge in [-0.05, 0) is 11.1 Å². The first-order valence-corrected chi connectivity index (χ1v) is 8.51. The van der Waals surface area contributed by atoms with Gasteiger partial charge in [0.15, 0.2) is 0 Å². The number of nitrogens with two attached hydrogens (primary N) is 1. The van der Waals surface area contributed by atoms with Crippen molar-refractivity contribution in [3.05, 3.63) is 71.8 Å². The Balaban J connectivity index is 0.000000359. The highest BCUT2D eigenvalue weighted by Crippen LogP contribution is 2.27. The molecule has 2 aromatic carbocycles. The van der Waals surface area contributed by atoms with Gasteiger partial charge in [-0.15, -0.1) is 0 Å². The number of aliphatic carboxylic acids is 1. The molecule has 0 saturated carbocycles. The Morgan fingerprint density at radius 3 is 1.46 bits per heavy atom. The summed E-state index contributed by atoms with van der Waals surface area (Å²) in [4.78, 5) is 11.2. The lowest BCUT2D eigenvalue weighted by molar-refractivity contribution is -0.138. The normalized spacial score (nSPS) is 12.8. The van der Waals surface area contributed by atoms with Crippen molar-refractivity contribution < 1.29 is 36.0 Å². The van der Waals surface area contributed by atoms with Crippen LogP contribution in [0, 0.1) is 0 Å². The van der Waals surface area contributed by atoms with Crippen LogP contribution in [0.3, 0.4) is 0 Å². The number of benzene rings is 2. The number of carboxylic acid groups (broad SMARTS) is 1. The minimum atomic E-state index is -5.84. The predicted octanol–water partition coefficient (Wildman–Crippen LogP) is 2.62. The van der Waals surface area contributed by atoms with Crippen LogP contribution in [0.15, 0.2) is 60.7 Å². The Morgan fingerprint density at radius 2 is 1.23 bits per heavy atom. The molecule has 10 heteroatoms. The minimum absolute atomic E-state index is 0.329. The molecule has 26 heavy (non-hydrogen) atoms. The van der Waals surface area contributed by atoms with Crippen LogP contribution in [0.5, 0.6) is 0 Å². The maximum Gasteiger partial charge on any atom is 0.522 e. The topological polar surface area (TPSA) is 118 Å². The number of alkyl halides is 3. The molecule has 6 nitrogen and oxygen atoms in total. The van der Waals surface area contributed by atoms with Crippen LogP contribution in [0.2, 0.25) is 0 Å². The van der Waals surface area contributed by atoms with Crippen molar-refractivity contribution in [2.75, 3.05) is 0 Å². The summed E-state index contributed by atoms with van der Waals surface area (Å²) in [5, 5.41) is 9.15. The third kappa shape index (κ3) is 6.14. The Kier molecular flexibility index (Phi) is 7.30. The van der Waals surface area contributed by atoms with Crippen molar-refractivity contribution in [1.29, 1.82) is 0 Å². The zero-order valence-electron chi connectivity index (χ0n) is 13.2. The highest BCUT2D eigenvalue weighted by molar-refractivity contribution is 7.86. The molecular weight excluding hydrogens is 375 g/mol. The molecule has 2 rings (SSSR count). The third-order valence-corrected chi connectivity index (χ3v) is 3.84. The van der Waals surface area contributed by atoms with Gasteiger partial charge in [0.05, 0.1) is 0 Å². The Bertz CT molecular complexity index is 771. The fourth-order valence-electron chi connectivity index (χ4n) is 2.07. The van der Waals surface area contributed by atoms with Crippen LogP contribution in [-0.4, -0.2) is 35.6 Å². The summed E-state index contributed by atoms with van der Waals surface area (Å²) in [5.74, 6) is -1.32. The minimum Gasteiger partial charge on any atom is -0.480 e. The number of carboxylic acids is 1. The third-order valence-electron chi connectivity index (χ3n) is 3.25. The molecular formula is C16H16F3NO5S. The number of hydrogen-bond acceptors (Lipinski definition) is 4. The average molecular weight is 391 g/mol. The summed E-state index contributed by atoms with van der Waals surface area (Å²) >= 11 is 0. The lowest BCUT2D eigenvalue weighted by Crippen LogP contribution is -2.37. The smallest absolute Gasteiger partial charge is 0.480 e. The van der Waals surface area contributed by atoms with Gasteiger partial charge >= 0.3 is 21.6 Å². The summed E-state index contributed by atoms with van der Waals surface area (Å²) in [6.45, 7) is 0. The van der Waals surface area contributed by atoms with E-state index in [2.05, 4.69) is 0 Å². The van der Waals surface area contributed by atoms with Gasteiger partial charge in [0.2, 0.25) is 0 Å². The monoisotopic (exact) mass is 391 g/mol. The second kappa shape index (κ2) is 8.79. The molecule has 4 N–H and O–H groups in total. The van der Waals surface area contributed by atoms with E-state index in [-0.39, 0.29) is 5.92 Å². The van der Waals surface area contributed by atoms with Crippen molar-refractivity contribution in [3.63, 3.8) is 0 Å². The van der Waals surface area contributed by atoms with E-state index in [1.807, 2.05) is 60.7 Å². The molecule has 142 valence electrons. The molecule has 0 bridgehead atoms. The van der Waals surface area contributed by atoms with Crippen molar-refractivity contribution in [1.82, 2.24) is 0 Å². The molecule has 0 spiro atoms. The van der Waals surface area contributed by atoms with E-state index in [0.717, 1.165) is 11.1 Å². The van der Waals surface area contributed by atoms with Gasteiger partial charge in [-0.1, -0.05) is 60.7 Å². The summed E-state index contributed by atoms with van der Waals surface area (Å²) in [6.07, 6.45) is 0. The highest BCUT2D eigenvalue weighted by atomic mass is 32.2. The molecule has 1 atom stereocenters. The molecule has 0 amide bonds. The van der Waals surface area contributed by atoms with Crippen LogP contribution < -0.4 is 5.73 Å². The van der Waals surface area contributed by atoms with Gasteiger partial charge in [-0.3, -0.25) is 9.35 Å². The first kappa shape index (κ1) is 21.6. The standard InChI is InChI=1S/C15H15NO2.CHF3O3S/c16-14(15(17)18)13(11-7-3-1-4-8-11)12-9-5-2-6-10-12;2-1(3,4)8(5,6)7/h1-10,13-14H,16H2,(H,17,18);(H,5,6,7)/t14-;/m0./s1. The van der Waals surface area contributed by atoms with Gasteiger partial charge in [-0.25, -0.2) is 0 Å². The van der Waals surface area contributed by atoms with Crippen LogP contribution in [0.1, 0.15) is 17.0 Å². The molecule has 0 fully saturated rings. The van der Waals surface area contributed by atoms with Gasteiger partial charge in [0.25, 0.3) is 0 Å². The van der Waals surface area contributed by atoms with Crippen molar-refractivity contribution in [2.24, 2.45) is 5.73 Å². The zero-order chi connectivity index (χ0) is 20.0. The van der Waals surface area contributed by atoms with Crippen LogP contribution >= 0.6 is 0 Å². The largest absolute Gasteiger partial charge is 0.522 e. The predicted molar refractivity (Wildman–Crippen MR) is 87.9 cm³/mol. The number of halogens is 3. The van der Waals surface area contributed by atoms with Crippen molar-refractivity contribution >= 4 is 16.1 Å². The molecule has 0 saturated heterocycles. The lowest BCUT2D eigenvalue weighted by Gasteiger charge is -2.21. The Morgan fingerprint density at radius 1 is 0.923 bits per heavy atom. The number of rotatable bonds is 4. The second-order valence-corrected chi connectivity index (χ2v) is 6.50. The first-order chi connectivity index (χ1) is 11.9. The number of carbonyl (C=O) groups is 1. The molecule has 0 heterocycles. The van der Waals surface area contributed by atoms with Gasteiger partial charge in [0.1, 0.15) is 6.04 Å². The van der Waals surface area contributed by atoms with Crippen LogP contribution in [-0.2, 0) is 14.9 Å². The van der Waals surface area contributed by atoms with E-state index in [1.165, 1.54) is 0 Å². The molecule has 2 aromatic rings. The zero-order valence-corrected chi connectivity index (χ0v) is 14.0. The summed E-state index contributed by atoms with van der Waals surface area (Å²) in [7, 11) is -5.84. The van der Waals surface area contributed by atoms with Crippen LogP contribution in [0.4, 0.5) is 13.2 Å². The van der Waals surface area contributed by atoms with E-state index in [1.54, 1.807) is 0 Å². The quantitative estimate of drug-likeness (QED) is 0.545. The molecule has 0 aliphatic rings. The Hall–Kier alpha value is -2.43. The first-order valence-electron chi connectivity index (χ1n) is 7.07. The maximum atomic E-state index is 11.2. The second-order valence-electron chi connectivity index (χ2n) is 5.08. The molecule has 0 aliphatic heterocycles. The van der Waals surface area contributed by atoms with E-state index < -0.39 is 27.6 Å². The van der Waals surface area contributed by atoms with Crippen molar-refractivity contribution in [2.45, 2.75) is 17.5 Å².